The Hall–Kier alpha value is -3.75. The van der Waals surface area contributed by atoms with Crippen molar-refractivity contribution in [2.45, 2.75) is 19.4 Å². The highest BCUT2D eigenvalue weighted by atomic mass is 19.1. The van der Waals surface area contributed by atoms with Crippen LogP contribution in [-0.2, 0) is 9.59 Å². The molecule has 144 valence electrons. The second-order valence-electron chi connectivity index (χ2n) is 6.15. The molecule has 0 bridgehead atoms. The molecule has 1 aliphatic heterocycles. The molecule has 0 aromatic heterocycles. The molecule has 0 spiro atoms. The van der Waals surface area contributed by atoms with Crippen molar-refractivity contribution in [2.75, 3.05) is 10.6 Å². The van der Waals surface area contributed by atoms with Gasteiger partial charge in [-0.2, -0.15) is 4.99 Å². The van der Waals surface area contributed by atoms with Gasteiger partial charge in [-0.15, -0.1) is 0 Å². The molecule has 2 aromatic rings. The van der Waals surface area contributed by atoms with Crippen molar-refractivity contribution in [1.82, 2.24) is 5.32 Å². The van der Waals surface area contributed by atoms with Crippen molar-refractivity contribution in [3.8, 4) is 0 Å². The first-order valence-electron chi connectivity index (χ1n) is 8.51. The lowest BCUT2D eigenvalue weighted by Crippen LogP contribution is -2.32. The molecule has 2 amide bonds. The van der Waals surface area contributed by atoms with E-state index < -0.39 is 23.7 Å². The first-order valence-corrected chi connectivity index (χ1v) is 8.51. The Morgan fingerprint density at radius 1 is 1.21 bits per heavy atom. The summed E-state index contributed by atoms with van der Waals surface area (Å²) < 4.78 is 12.9. The molecule has 1 aliphatic rings. The molecule has 1 heterocycles. The van der Waals surface area contributed by atoms with Crippen molar-refractivity contribution < 1.29 is 14.0 Å². The molecular weight excluding hydrogens is 363 g/mol. The normalized spacial score (nSPS) is 16.4. The number of aryl methyl sites for hydroxylation is 1. The minimum Gasteiger partial charge on any atom is -0.369 e. The number of nitrogens with two attached hydrogens (primary N) is 1. The minimum absolute atomic E-state index is 0.0307. The Morgan fingerprint density at radius 2 is 1.93 bits per heavy atom. The standard InChI is InChI=1S/C19H19FN6O2/c1-11-4-2-3-5-14(11)23-18(21)26-19-24-15(17(28)25-19)10-16(27)22-13-8-6-12(20)7-9-13/h2-9,15H,10H2,1H3,(H,22,27)(H4,21,23,24,25,26,28). The van der Waals surface area contributed by atoms with E-state index in [0.717, 1.165) is 11.3 Å². The van der Waals surface area contributed by atoms with Crippen molar-refractivity contribution >= 4 is 35.1 Å². The molecule has 1 unspecified atom stereocenters. The summed E-state index contributed by atoms with van der Waals surface area (Å²) >= 11 is 0. The molecule has 28 heavy (non-hydrogen) atoms. The molecular formula is C19H19FN6O2. The van der Waals surface area contributed by atoms with Gasteiger partial charge >= 0.3 is 0 Å². The highest BCUT2D eigenvalue weighted by molar-refractivity contribution is 6.11. The number of rotatable bonds is 4. The number of carbonyl (C=O) groups is 2. The van der Waals surface area contributed by atoms with Gasteiger partial charge in [-0.25, -0.2) is 9.38 Å². The van der Waals surface area contributed by atoms with E-state index in [9.17, 15) is 14.0 Å². The van der Waals surface area contributed by atoms with Gasteiger partial charge in [0.15, 0.2) is 0 Å². The molecule has 5 N–H and O–H groups in total. The molecule has 0 fully saturated rings. The molecule has 3 rings (SSSR count). The summed E-state index contributed by atoms with van der Waals surface area (Å²) in [5.41, 5.74) is 8.05. The fraction of sp³-hybridized carbons (Fsp3) is 0.158. The monoisotopic (exact) mass is 382 g/mol. The van der Waals surface area contributed by atoms with Crippen molar-refractivity contribution in [2.24, 2.45) is 15.7 Å². The van der Waals surface area contributed by atoms with Gasteiger partial charge in [0.25, 0.3) is 5.91 Å². The number of anilines is 2. The molecule has 8 nitrogen and oxygen atoms in total. The van der Waals surface area contributed by atoms with Crippen LogP contribution in [0, 0.1) is 12.7 Å². The number of amides is 2. The van der Waals surface area contributed by atoms with Gasteiger partial charge in [-0.1, -0.05) is 18.2 Å². The van der Waals surface area contributed by atoms with Gasteiger partial charge < -0.3 is 16.4 Å². The topological polar surface area (TPSA) is 121 Å². The van der Waals surface area contributed by atoms with Crippen molar-refractivity contribution in [1.29, 1.82) is 0 Å². The molecule has 0 aliphatic carbocycles. The van der Waals surface area contributed by atoms with Crippen LogP contribution in [0.15, 0.2) is 58.5 Å². The highest BCUT2D eigenvalue weighted by Crippen LogP contribution is 2.13. The predicted octanol–water partition coefficient (Wildman–Crippen LogP) is 1.74. The molecule has 9 heteroatoms. The maximum absolute atomic E-state index is 12.9. The van der Waals surface area contributed by atoms with E-state index in [4.69, 9.17) is 5.73 Å². The summed E-state index contributed by atoms with van der Waals surface area (Å²) in [7, 11) is 0. The molecule has 0 saturated carbocycles. The second-order valence-corrected chi connectivity index (χ2v) is 6.15. The highest BCUT2D eigenvalue weighted by Gasteiger charge is 2.28. The number of guanidine groups is 2. The van der Waals surface area contributed by atoms with E-state index in [0.29, 0.717) is 5.69 Å². The van der Waals surface area contributed by atoms with E-state index in [-0.39, 0.29) is 18.3 Å². The minimum atomic E-state index is -0.912. The Balaban J connectivity index is 1.61. The lowest BCUT2D eigenvalue weighted by molar-refractivity contribution is -0.123. The number of hydrogen-bond donors (Lipinski definition) is 4. The zero-order valence-corrected chi connectivity index (χ0v) is 15.1. The number of nitrogens with zero attached hydrogens (tertiary/aromatic N) is 2. The average Bonchev–Trinajstić information content (AvgIpc) is 2.97. The third kappa shape index (κ3) is 4.91. The summed E-state index contributed by atoms with van der Waals surface area (Å²) in [6.45, 7) is 1.92. The third-order valence-electron chi connectivity index (χ3n) is 3.96. The van der Waals surface area contributed by atoms with Crippen LogP contribution in [0.3, 0.4) is 0 Å². The fourth-order valence-electron chi connectivity index (χ4n) is 2.54. The van der Waals surface area contributed by atoms with Crippen LogP contribution in [0.1, 0.15) is 12.0 Å². The summed E-state index contributed by atoms with van der Waals surface area (Å²) in [6, 6.07) is 11.9. The molecule has 0 saturated heterocycles. The number of benzene rings is 2. The number of carbonyl (C=O) groups excluding carboxylic acids is 2. The van der Waals surface area contributed by atoms with Crippen LogP contribution in [0.5, 0.6) is 0 Å². The SMILES string of the molecule is Cc1ccccc1N/C(N)=N/C1=NC(CC(=O)Nc2ccc(F)cc2)C(=O)N1. The number of hydrogen-bond acceptors (Lipinski definition) is 4. The van der Waals surface area contributed by atoms with Crippen LogP contribution in [0.25, 0.3) is 0 Å². The second kappa shape index (κ2) is 8.30. The lowest BCUT2D eigenvalue weighted by Gasteiger charge is -2.07. The third-order valence-corrected chi connectivity index (χ3v) is 3.96. The Labute approximate surface area is 160 Å². The van der Waals surface area contributed by atoms with Crippen LogP contribution < -0.4 is 21.7 Å². The summed E-state index contributed by atoms with van der Waals surface area (Å²) in [6.07, 6.45) is -0.173. The maximum atomic E-state index is 12.9. The number of nitrogens with one attached hydrogen (secondary N) is 3. The van der Waals surface area contributed by atoms with E-state index >= 15 is 0 Å². The lowest BCUT2D eigenvalue weighted by atomic mass is 10.2. The van der Waals surface area contributed by atoms with Gasteiger partial charge in [-0.05, 0) is 42.8 Å². The number of halogens is 1. The number of para-hydroxylation sites is 1. The van der Waals surface area contributed by atoms with Crippen LogP contribution in [-0.4, -0.2) is 29.8 Å². The largest absolute Gasteiger partial charge is 0.369 e. The van der Waals surface area contributed by atoms with Crippen LogP contribution in [0.2, 0.25) is 0 Å². The van der Waals surface area contributed by atoms with Gasteiger partial charge in [0.05, 0.1) is 6.42 Å². The van der Waals surface area contributed by atoms with E-state index in [1.807, 2.05) is 31.2 Å². The Morgan fingerprint density at radius 3 is 2.64 bits per heavy atom. The number of aliphatic imine (C=N–C) groups is 2. The quantitative estimate of drug-likeness (QED) is 0.475. The van der Waals surface area contributed by atoms with Crippen molar-refractivity contribution in [3.63, 3.8) is 0 Å². The van der Waals surface area contributed by atoms with E-state index in [1.165, 1.54) is 24.3 Å². The van der Waals surface area contributed by atoms with Crippen LogP contribution >= 0.6 is 0 Å². The van der Waals surface area contributed by atoms with Gasteiger partial charge in [0.2, 0.25) is 17.8 Å². The average molecular weight is 382 g/mol. The fourth-order valence-corrected chi connectivity index (χ4v) is 2.54. The van der Waals surface area contributed by atoms with E-state index in [1.54, 1.807) is 0 Å². The summed E-state index contributed by atoms with van der Waals surface area (Å²) in [5, 5.41) is 8.00. The molecule has 2 aromatic carbocycles. The van der Waals surface area contributed by atoms with E-state index in [2.05, 4.69) is 25.9 Å². The van der Waals surface area contributed by atoms with Crippen LogP contribution in [0.4, 0.5) is 15.8 Å². The molecule has 0 radical (unpaired) electrons. The first-order chi connectivity index (χ1) is 13.4. The van der Waals surface area contributed by atoms with Gasteiger partial charge in [0.1, 0.15) is 11.9 Å². The van der Waals surface area contributed by atoms with Gasteiger partial charge in [0, 0.05) is 11.4 Å². The van der Waals surface area contributed by atoms with Crippen molar-refractivity contribution in [3.05, 3.63) is 59.9 Å². The smallest absolute Gasteiger partial charge is 0.252 e. The molecule has 1 atom stereocenters. The summed E-state index contributed by atoms with van der Waals surface area (Å²) in [5.74, 6) is -1.19. The Kier molecular flexibility index (Phi) is 5.64. The van der Waals surface area contributed by atoms with Gasteiger partial charge in [-0.3, -0.25) is 14.9 Å². The predicted molar refractivity (Wildman–Crippen MR) is 105 cm³/mol. The maximum Gasteiger partial charge on any atom is 0.252 e. The first kappa shape index (κ1) is 19.0. The zero-order valence-electron chi connectivity index (χ0n) is 15.1. The Bertz CT molecular complexity index is 955. The zero-order chi connectivity index (χ0) is 20.1. The summed E-state index contributed by atoms with van der Waals surface area (Å²) in [4.78, 5) is 32.2.